The third kappa shape index (κ3) is 2.21. The Labute approximate surface area is 133 Å². The van der Waals surface area contributed by atoms with Gasteiger partial charge in [-0.25, -0.2) is 9.59 Å². The van der Waals surface area contributed by atoms with Gasteiger partial charge < -0.3 is 20.1 Å². The van der Waals surface area contributed by atoms with E-state index in [0.29, 0.717) is 6.42 Å². The minimum absolute atomic E-state index is 0.131. The molecule has 3 N–H and O–H groups in total. The monoisotopic (exact) mass is 326 g/mol. The fourth-order valence-electron chi connectivity index (χ4n) is 5.24. The van der Waals surface area contributed by atoms with E-state index in [-0.39, 0.29) is 23.5 Å². The maximum atomic E-state index is 13.0. The van der Waals surface area contributed by atoms with Crippen LogP contribution < -0.4 is 0 Å². The number of aliphatic carboxylic acids is 2. The molecular formula is C16H22O7. The molecule has 4 fully saturated rings. The van der Waals surface area contributed by atoms with Gasteiger partial charge >= 0.3 is 11.9 Å². The summed E-state index contributed by atoms with van der Waals surface area (Å²) in [5.74, 6) is -3.00. The Morgan fingerprint density at radius 2 is 1.87 bits per heavy atom. The highest BCUT2D eigenvalue weighted by Crippen LogP contribution is 2.63. The van der Waals surface area contributed by atoms with E-state index in [4.69, 9.17) is 9.84 Å². The minimum atomic E-state index is -2.20. The van der Waals surface area contributed by atoms with Crippen LogP contribution in [0.2, 0.25) is 0 Å². The van der Waals surface area contributed by atoms with E-state index < -0.39 is 35.2 Å². The summed E-state index contributed by atoms with van der Waals surface area (Å²) in [7, 11) is 0. The van der Waals surface area contributed by atoms with E-state index in [1.54, 1.807) is 0 Å². The second-order valence-electron chi connectivity index (χ2n) is 7.70. The molecule has 0 aliphatic heterocycles. The molecule has 4 bridgehead atoms. The lowest BCUT2D eigenvalue weighted by molar-refractivity contribution is -0.237. The number of carbonyl (C=O) groups is 3. The summed E-state index contributed by atoms with van der Waals surface area (Å²) in [6.45, 7) is 3.76. The molecule has 0 aromatic rings. The summed E-state index contributed by atoms with van der Waals surface area (Å²) in [5.41, 5.74) is -1.83. The number of hydrogen-bond donors (Lipinski definition) is 3. The highest BCUT2D eigenvalue weighted by molar-refractivity contribution is 5.95. The first kappa shape index (κ1) is 16.4. The van der Waals surface area contributed by atoms with Gasteiger partial charge in [0, 0.05) is 5.41 Å². The second-order valence-corrected chi connectivity index (χ2v) is 7.70. The first-order valence-electron chi connectivity index (χ1n) is 7.97. The Hall–Kier alpha value is -1.47. The largest absolute Gasteiger partial charge is 0.479 e. The Kier molecular flexibility index (Phi) is 3.57. The normalized spacial score (nSPS) is 44.1. The molecule has 0 saturated heterocycles. The maximum absolute atomic E-state index is 13.0. The van der Waals surface area contributed by atoms with Crippen LogP contribution in [-0.2, 0) is 19.1 Å². The van der Waals surface area contributed by atoms with Crippen molar-refractivity contribution in [2.24, 2.45) is 23.2 Å². The average molecular weight is 326 g/mol. The number of carboxylic acids is 2. The molecular weight excluding hydrogens is 304 g/mol. The van der Waals surface area contributed by atoms with E-state index in [1.165, 1.54) is 0 Å². The van der Waals surface area contributed by atoms with Gasteiger partial charge in [0.25, 0.3) is 0 Å². The number of aliphatic hydroxyl groups excluding tert-OH is 1. The molecule has 0 heterocycles. The number of ether oxygens (including phenoxy) is 1. The number of Topliss-reactive ketones (excluding diaryl/α,β-unsaturated/α-hetero) is 1. The average Bonchev–Trinajstić information content (AvgIpc) is 2.46. The van der Waals surface area contributed by atoms with Crippen LogP contribution in [0.5, 0.6) is 0 Å². The molecule has 23 heavy (non-hydrogen) atoms. The molecule has 7 atom stereocenters. The van der Waals surface area contributed by atoms with Crippen LogP contribution in [-0.4, -0.2) is 50.9 Å². The molecule has 4 aliphatic rings. The zero-order valence-electron chi connectivity index (χ0n) is 13.2. The van der Waals surface area contributed by atoms with Crippen LogP contribution >= 0.6 is 0 Å². The van der Waals surface area contributed by atoms with Gasteiger partial charge in [-0.05, 0) is 43.4 Å². The number of rotatable bonds is 5. The summed E-state index contributed by atoms with van der Waals surface area (Å²) < 4.78 is 5.65. The molecule has 7 nitrogen and oxygen atoms in total. The predicted molar refractivity (Wildman–Crippen MR) is 76.6 cm³/mol. The van der Waals surface area contributed by atoms with Crippen LogP contribution in [0.3, 0.4) is 0 Å². The Morgan fingerprint density at radius 1 is 1.22 bits per heavy atom. The summed E-state index contributed by atoms with van der Waals surface area (Å²) in [4.78, 5) is 35.4. The van der Waals surface area contributed by atoms with Crippen molar-refractivity contribution in [1.29, 1.82) is 0 Å². The molecule has 128 valence electrons. The van der Waals surface area contributed by atoms with Gasteiger partial charge in [0.2, 0.25) is 0 Å². The van der Waals surface area contributed by atoms with Crippen molar-refractivity contribution in [2.75, 3.05) is 0 Å². The SMILES string of the molecule is CC1C2CC3CC(C)(C2)C(=O)C1(O[C@@H](C(=O)O)[C@@H](O)C(=O)O)C3. The maximum Gasteiger partial charge on any atom is 0.336 e. The van der Waals surface area contributed by atoms with E-state index >= 15 is 0 Å². The third-order valence-electron chi connectivity index (χ3n) is 6.18. The topological polar surface area (TPSA) is 121 Å². The highest BCUT2D eigenvalue weighted by Gasteiger charge is 2.67. The quantitative estimate of drug-likeness (QED) is 0.679. The molecule has 4 aliphatic carbocycles. The van der Waals surface area contributed by atoms with Gasteiger partial charge in [-0.3, -0.25) is 4.79 Å². The fraction of sp³-hybridized carbons (Fsp3) is 0.812. The van der Waals surface area contributed by atoms with Gasteiger partial charge in [0.05, 0.1) is 0 Å². The molecule has 0 spiro atoms. The zero-order chi connectivity index (χ0) is 17.2. The van der Waals surface area contributed by atoms with Crippen LogP contribution in [0.25, 0.3) is 0 Å². The van der Waals surface area contributed by atoms with Gasteiger partial charge in [-0.2, -0.15) is 0 Å². The van der Waals surface area contributed by atoms with Gasteiger partial charge in [-0.1, -0.05) is 13.8 Å². The van der Waals surface area contributed by atoms with E-state index in [1.807, 2.05) is 13.8 Å². The molecule has 4 rings (SSSR count). The van der Waals surface area contributed by atoms with Crippen molar-refractivity contribution < 1.29 is 34.4 Å². The molecule has 0 aromatic heterocycles. The van der Waals surface area contributed by atoms with E-state index in [2.05, 4.69) is 0 Å². The van der Waals surface area contributed by atoms with Crippen molar-refractivity contribution >= 4 is 17.7 Å². The summed E-state index contributed by atoms with van der Waals surface area (Å²) in [5, 5.41) is 27.9. The summed E-state index contributed by atoms with van der Waals surface area (Å²) in [6, 6.07) is 0. The van der Waals surface area contributed by atoms with Gasteiger partial charge in [0.1, 0.15) is 5.60 Å². The fourth-order valence-corrected chi connectivity index (χ4v) is 5.24. The van der Waals surface area contributed by atoms with E-state index in [9.17, 15) is 24.6 Å². The zero-order valence-corrected chi connectivity index (χ0v) is 13.2. The standard InChI is InChI=1S/C16H22O7/c1-7-9-3-8-4-15(2,6-9)14(22)16(7,5-8)23-11(13(20)21)10(17)12(18)19/h7-11,17H,3-6H2,1-2H3,(H,18,19)(H,20,21)/t7?,8?,9?,10-,11-,15?,16?/m1/s1. The lowest BCUT2D eigenvalue weighted by atomic mass is 9.44. The van der Waals surface area contributed by atoms with Crippen molar-refractivity contribution in [1.82, 2.24) is 0 Å². The van der Waals surface area contributed by atoms with Crippen molar-refractivity contribution in [3.05, 3.63) is 0 Å². The number of hydrogen-bond acceptors (Lipinski definition) is 5. The minimum Gasteiger partial charge on any atom is -0.479 e. The first-order valence-corrected chi connectivity index (χ1v) is 7.97. The Balaban J connectivity index is 1.97. The second kappa shape index (κ2) is 5.01. The van der Waals surface area contributed by atoms with Gasteiger partial charge in [0.15, 0.2) is 18.0 Å². The smallest absolute Gasteiger partial charge is 0.336 e. The first-order chi connectivity index (χ1) is 10.6. The molecule has 0 radical (unpaired) electrons. The van der Waals surface area contributed by atoms with Crippen LogP contribution in [0.4, 0.5) is 0 Å². The number of aliphatic hydroxyl groups is 1. The molecule has 5 unspecified atom stereocenters. The van der Waals surface area contributed by atoms with Crippen molar-refractivity contribution in [2.45, 2.75) is 57.3 Å². The Morgan fingerprint density at radius 3 is 2.43 bits per heavy atom. The summed E-state index contributed by atoms with van der Waals surface area (Å²) in [6.07, 6.45) is -1.19. The Bertz CT molecular complexity index is 573. The molecule has 4 saturated carbocycles. The number of ketones is 1. The summed E-state index contributed by atoms with van der Waals surface area (Å²) >= 11 is 0. The molecule has 0 aromatic carbocycles. The lowest BCUT2D eigenvalue weighted by Gasteiger charge is -2.62. The predicted octanol–water partition coefficient (Wildman–Crippen LogP) is 0.686. The number of carboxylic acid groups (broad SMARTS) is 2. The molecule has 0 amide bonds. The highest BCUT2D eigenvalue weighted by atomic mass is 16.6. The van der Waals surface area contributed by atoms with Gasteiger partial charge in [-0.15, -0.1) is 0 Å². The van der Waals surface area contributed by atoms with Crippen LogP contribution in [0.15, 0.2) is 0 Å². The lowest BCUT2D eigenvalue weighted by Crippen LogP contribution is -2.69. The van der Waals surface area contributed by atoms with E-state index in [0.717, 1.165) is 19.3 Å². The van der Waals surface area contributed by atoms with Crippen LogP contribution in [0, 0.1) is 23.2 Å². The van der Waals surface area contributed by atoms with Crippen molar-refractivity contribution in [3.8, 4) is 0 Å². The van der Waals surface area contributed by atoms with Crippen molar-refractivity contribution in [3.63, 3.8) is 0 Å². The molecule has 7 heteroatoms. The third-order valence-corrected chi connectivity index (χ3v) is 6.18. The number of carbonyl (C=O) groups excluding carboxylic acids is 1. The van der Waals surface area contributed by atoms with Crippen LogP contribution in [0.1, 0.15) is 39.5 Å².